The van der Waals surface area contributed by atoms with Crippen molar-refractivity contribution in [2.75, 3.05) is 0 Å². The van der Waals surface area contributed by atoms with Gasteiger partial charge in [-0.05, 0) is 23.8 Å². The largest absolute Gasteiger partial charge is 0.372 e. The fourth-order valence-electron chi connectivity index (χ4n) is 2.14. The fourth-order valence-corrected chi connectivity index (χ4v) is 3.21. The van der Waals surface area contributed by atoms with E-state index in [9.17, 15) is 18.4 Å². The van der Waals surface area contributed by atoms with Crippen molar-refractivity contribution < 1.29 is 18.4 Å². The van der Waals surface area contributed by atoms with Gasteiger partial charge in [-0.15, -0.1) is 11.3 Å². The third-order valence-electron chi connectivity index (χ3n) is 3.17. The van der Waals surface area contributed by atoms with E-state index in [0.29, 0.717) is 12.0 Å². The van der Waals surface area contributed by atoms with Crippen LogP contribution in [-0.4, -0.2) is 17.5 Å². The smallest absolute Gasteiger partial charge is 0.287 e. The van der Waals surface area contributed by atoms with E-state index in [2.05, 4.69) is 6.92 Å². The summed E-state index contributed by atoms with van der Waals surface area (Å²) in [6, 6.07) is 0. The van der Waals surface area contributed by atoms with E-state index in [1.807, 2.05) is 0 Å². The molecule has 0 fully saturated rings. The molecule has 0 radical (unpaired) electrons. The van der Waals surface area contributed by atoms with Gasteiger partial charge in [0.25, 0.3) is 5.78 Å². The molecule has 0 aliphatic heterocycles. The van der Waals surface area contributed by atoms with Crippen LogP contribution < -0.4 is 0 Å². The molecule has 0 atom stereocenters. The minimum Gasteiger partial charge on any atom is -0.287 e. The lowest BCUT2D eigenvalue weighted by molar-refractivity contribution is 0.0190. The SMILES string of the molecule is CCCCCCc1csc2c1C(=O)C(F)(F)C2=O. The minimum absolute atomic E-state index is 0.0218. The van der Waals surface area contributed by atoms with Crippen molar-refractivity contribution >= 4 is 22.9 Å². The number of unbranched alkanes of at least 4 members (excludes halogenated alkanes) is 3. The summed E-state index contributed by atoms with van der Waals surface area (Å²) < 4.78 is 26.6. The van der Waals surface area contributed by atoms with Crippen molar-refractivity contribution in [3.8, 4) is 0 Å². The first kappa shape index (κ1) is 13.3. The molecule has 1 heterocycles. The number of fused-ring (bicyclic) bond motifs is 1. The van der Waals surface area contributed by atoms with E-state index < -0.39 is 17.5 Å². The van der Waals surface area contributed by atoms with Crippen LogP contribution in [0.2, 0.25) is 0 Å². The Bertz CT molecular complexity index is 491. The van der Waals surface area contributed by atoms with Gasteiger partial charge in [-0.3, -0.25) is 9.59 Å². The Morgan fingerprint density at radius 2 is 1.89 bits per heavy atom. The van der Waals surface area contributed by atoms with Gasteiger partial charge in [0.15, 0.2) is 0 Å². The van der Waals surface area contributed by atoms with Crippen LogP contribution in [0.1, 0.15) is 58.2 Å². The number of aryl methyl sites for hydroxylation is 1. The molecule has 0 aromatic carbocycles. The lowest BCUT2D eigenvalue weighted by Crippen LogP contribution is -2.30. The molecule has 1 aliphatic carbocycles. The van der Waals surface area contributed by atoms with Crippen LogP contribution in [0.4, 0.5) is 8.78 Å². The molecular formula is C13H14F2O2S. The fraction of sp³-hybridized carbons (Fsp3) is 0.538. The Kier molecular flexibility index (Phi) is 3.61. The van der Waals surface area contributed by atoms with Crippen molar-refractivity contribution in [1.82, 2.24) is 0 Å². The summed E-state index contributed by atoms with van der Waals surface area (Å²) in [6.07, 6.45) is 4.66. The molecule has 5 heteroatoms. The zero-order valence-electron chi connectivity index (χ0n) is 10.1. The molecule has 0 saturated carbocycles. The monoisotopic (exact) mass is 272 g/mol. The van der Waals surface area contributed by atoms with E-state index in [4.69, 9.17) is 0 Å². The number of halogens is 2. The second-order valence-corrected chi connectivity index (χ2v) is 5.39. The average molecular weight is 272 g/mol. The van der Waals surface area contributed by atoms with Crippen molar-refractivity contribution in [2.24, 2.45) is 0 Å². The van der Waals surface area contributed by atoms with Crippen LogP contribution in [0, 0.1) is 0 Å². The van der Waals surface area contributed by atoms with Crippen LogP contribution in [0.3, 0.4) is 0 Å². The number of carbonyl (C=O) groups is 2. The van der Waals surface area contributed by atoms with Crippen molar-refractivity contribution in [3.63, 3.8) is 0 Å². The Morgan fingerprint density at radius 1 is 1.17 bits per heavy atom. The van der Waals surface area contributed by atoms with Crippen LogP contribution in [0.5, 0.6) is 0 Å². The average Bonchev–Trinajstić information content (AvgIpc) is 2.81. The highest BCUT2D eigenvalue weighted by Crippen LogP contribution is 2.40. The van der Waals surface area contributed by atoms with Gasteiger partial charge in [-0.25, -0.2) is 0 Å². The topological polar surface area (TPSA) is 34.1 Å². The van der Waals surface area contributed by atoms with Gasteiger partial charge in [-0.2, -0.15) is 8.78 Å². The van der Waals surface area contributed by atoms with E-state index >= 15 is 0 Å². The summed E-state index contributed by atoms with van der Waals surface area (Å²) >= 11 is 0.966. The Morgan fingerprint density at radius 3 is 2.56 bits per heavy atom. The van der Waals surface area contributed by atoms with Gasteiger partial charge >= 0.3 is 5.92 Å². The number of thiophene rings is 1. The summed E-state index contributed by atoms with van der Waals surface area (Å²) in [6.45, 7) is 2.09. The Balaban J connectivity index is 2.16. The normalized spacial score (nSPS) is 17.3. The highest BCUT2D eigenvalue weighted by molar-refractivity contribution is 7.13. The highest BCUT2D eigenvalue weighted by Gasteiger charge is 2.56. The van der Waals surface area contributed by atoms with Crippen LogP contribution >= 0.6 is 11.3 Å². The number of carbonyl (C=O) groups excluding carboxylic acids is 2. The number of rotatable bonds is 5. The number of Topliss-reactive ketones (excluding diaryl/α,β-unsaturated/α-hetero) is 2. The van der Waals surface area contributed by atoms with E-state index in [1.54, 1.807) is 5.38 Å². The van der Waals surface area contributed by atoms with Gasteiger partial charge in [0, 0.05) is 5.56 Å². The quantitative estimate of drug-likeness (QED) is 0.602. The number of alkyl halides is 2. The third kappa shape index (κ3) is 2.00. The van der Waals surface area contributed by atoms with Gasteiger partial charge in [-0.1, -0.05) is 26.2 Å². The molecule has 1 aromatic rings. The van der Waals surface area contributed by atoms with Gasteiger partial charge in [0.2, 0.25) is 5.78 Å². The molecule has 2 nitrogen and oxygen atoms in total. The van der Waals surface area contributed by atoms with Gasteiger partial charge in [0.1, 0.15) is 0 Å². The summed E-state index contributed by atoms with van der Waals surface area (Å²) in [7, 11) is 0. The van der Waals surface area contributed by atoms with Gasteiger partial charge in [0.05, 0.1) is 4.88 Å². The first-order valence-corrected chi connectivity index (χ1v) is 6.96. The van der Waals surface area contributed by atoms with Gasteiger partial charge < -0.3 is 0 Å². The number of hydrogen-bond donors (Lipinski definition) is 0. The molecule has 18 heavy (non-hydrogen) atoms. The van der Waals surface area contributed by atoms with Crippen LogP contribution in [0.15, 0.2) is 5.38 Å². The molecule has 2 rings (SSSR count). The molecule has 1 aliphatic rings. The number of ketones is 2. The lowest BCUT2D eigenvalue weighted by Gasteiger charge is -2.04. The van der Waals surface area contributed by atoms with Crippen molar-refractivity contribution in [1.29, 1.82) is 0 Å². The molecule has 1 aromatic heterocycles. The van der Waals surface area contributed by atoms with Crippen LogP contribution in [-0.2, 0) is 6.42 Å². The molecule has 0 N–H and O–H groups in total. The highest BCUT2D eigenvalue weighted by atomic mass is 32.1. The van der Waals surface area contributed by atoms with Crippen molar-refractivity contribution in [2.45, 2.75) is 45.0 Å². The number of hydrogen-bond acceptors (Lipinski definition) is 3. The zero-order chi connectivity index (χ0) is 13.3. The molecule has 98 valence electrons. The third-order valence-corrected chi connectivity index (χ3v) is 4.20. The van der Waals surface area contributed by atoms with Crippen molar-refractivity contribution in [3.05, 3.63) is 21.4 Å². The van der Waals surface area contributed by atoms with E-state index in [-0.39, 0.29) is 10.4 Å². The Labute approximate surface area is 108 Å². The van der Waals surface area contributed by atoms with E-state index in [0.717, 1.165) is 37.0 Å². The second kappa shape index (κ2) is 4.88. The summed E-state index contributed by atoms with van der Waals surface area (Å²) in [5.74, 6) is -6.47. The molecule has 0 amide bonds. The molecular weight excluding hydrogens is 258 g/mol. The predicted octanol–water partition coefficient (Wildman–Crippen LogP) is 3.89. The maximum atomic E-state index is 13.3. The molecule has 0 saturated heterocycles. The predicted molar refractivity (Wildman–Crippen MR) is 65.8 cm³/mol. The standard InChI is InChI=1S/C13H14F2O2S/c1-2-3-4-5-6-8-7-18-10-9(8)11(16)13(14,15)12(10)17/h7H,2-6H2,1H3. The first-order valence-electron chi connectivity index (χ1n) is 6.08. The minimum atomic E-state index is -3.83. The molecule has 0 bridgehead atoms. The maximum Gasteiger partial charge on any atom is 0.372 e. The van der Waals surface area contributed by atoms with Crippen LogP contribution in [0.25, 0.3) is 0 Å². The summed E-state index contributed by atoms with van der Waals surface area (Å²) in [5.41, 5.74) is 0.591. The summed E-state index contributed by atoms with van der Waals surface area (Å²) in [4.78, 5) is 22.8. The summed E-state index contributed by atoms with van der Waals surface area (Å²) in [5, 5.41) is 1.67. The molecule has 0 spiro atoms. The first-order chi connectivity index (χ1) is 8.50. The lowest BCUT2D eigenvalue weighted by atomic mass is 10.0. The molecule has 0 unspecified atom stereocenters. The van der Waals surface area contributed by atoms with E-state index in [1.165, 1.54) is 0 Å². The second-order valence-electron chi connectivity index (χ2n) is 4.51. The maximum absolute atomic E-state index is 13.3. The zero-order valence-corrected chi connectivity index (χ0v) is 10.9. The Hall–Kier alpha value is -1.10.